The van der Waals surface area contributed by atoms with Crippen molar-refractivity contribution in [2.45, 2.75) is 31.7 Å². The van der Waals surface area contributed by atoms with Gasteiger partial charge in [0.05, 0.1) is 0 Å². The van der Waals surface area contributed by atoms with Crippen LogP contribution in [0, 0.1) is 5.92 Å². The predicted molar refractivity (Wildman–Crippen MR) is 95.4 cm³/mol. The molecule has 1 heterocycles. The Morgan fingerprint density at radius 2 is 2.05 bits per heavy atom. The van der Waals surface area contributed by atoms with Crippen LogP contribution in [0.3, 0.4) is 0 Å². The zero-order valence-corrected chi connectivity index (χ0v) is 15.0. The first kappa shape index (κ1) is 15.5. The van der Waals surface area contributed by atoms with Crippen molar-refractivity contribution >= 4 is 38.9 Å². The molecule has 1 N–H and O–H groups in total. The molecule has 1 aliphatic rings. The van der Waals surface area contributed by atoms with Gasteiger partial charge in [-0.2, -0.15) is 0 Å². The second kappa shape index (κ2) is 7.28. The first-order chi connectivity index (χ1) is 10.2. The highest BCUT2D eigenvalue weighted by Gasteiger charge is 2.23. The molecule has 1 aromatic carbocycles. The Morgan fingerprint density at radius 3 is 2.71 bits per heavy atom. The lowest BCUT2D eigenvalue weighted by Crippen LogP contribution is -2.27. The van der Waals surface area contributed by atoms with Gasteiger partial charge in [-0.1, -0.05) is 29.8 Å². The molecule has 21 heavy (non-hydrogen) atoms. The van der Waals surface area contributed by atoms with Crippen LogP contribution in [0.1, 0.15) is 23.3 Å². The molecule has 0 radical (unpaired) electrons. The summed E-state index contributed by atoms with van der Waals surface area (Å²) in [6.07, 6.45) is 4.80. The summed E-state index contributed by atoms with van der Waals surface area (Å²) >= 11 is 11.8. The van der Waals surface area contributed by atoms with Crippen molar-refractivity contribution in [3.63, 3.8) is 0 Å². The number of benzene rings is 1. The van der Waals surface area contributed by atoms with Crippen LogP contribution in [0.2, 0.25) is 5.02 Å². The minimum atomic E-state index is 0.584. The molecule has 2 aromatic rings. The molecule has 1 saturated carbocycles. The fourth-order valence-electron chi connectivity index (χ4n) is 2.55. The molecule has 0 spiro atoms. The van der Waals surface area contributed by atoms with Gasteiger partial charge in [-0.05, 0) is 77.2 Å². The molecule has 1 nitrogen and oxygen atoms in total. The zero-order chi connectivity index (χ0) is 14.7. The smallest absolute Gasteiger partial charge is 0.0438 e. The van der Waals surface area contributed by atoms with Crippen LogP contribution in [0.4, 0.5) is 0 Å². The molecule has 0 aliphatic heterocycles. The van der Waals surface area contributed by atoms with E-state index in [9.17, 15) is 0 Å². The van der Waals surface area contributed by atoms with Crippen LogP contribution >= 0.6 is 38.9 Å². The maximum Gasteiger partial charge on any atom is 0.0438 e. The summed E-state index contributed by atoms with van der Waals surface area (Å²) in [6, 6.07) is 11.1. The highest BCUT2D eigenvalue weighted by Crippen LogP contribution is 2.28. The van der Waals surface area contributed by atoms with Crippen molar-refractivity contribution in [2.75, 3.05) is 6.54 Å². The third kappa shape index (κ3) is 4.56. The van der Waals surface area contributed by atoms with Gasteiger partial charge in [-0.3, -0.25) is 0 Å². The minimum absolute atomic E-state index is 0.584. The Balaban J connectivity index is 1.68. The fourth-order valence-corrected chi connectivity index (χ4v) is 4.39. The minimum Gasteiger partial charge on any atom is -0.314 e. The van der Waals surface area contributed by atoms with Crippen molar-refractivity contribution in [1.82, 2.24) is 5.32 Å². The average molecular weight is 385 g/mol. The van der Waals surface area contributed by atoms with Gasteiger partial charge < -0.3 is 5.32 Å². The summed E-state index contributed by atoms with van der Waals surface area (Å²) in [5.74, 6) is 0.584. The van der Waals surface area contributed by atoms with Gasteiger partial charge in [0.2, 0.25) is 0 Å². The second-order valence-corrected chi connectivity index (χ2v) is 8.00. The quantitative estimate of drug-likeness (QED) is 0.681. The van der Waals surface area contributed by atoms with Gasteiger partial charge in [0.15, 0.2) is 0 Å². The van der Waals surface area contributed by atoms with Crippen LogP contribution in [-0.4, -0.2) is 12.6 Å². The molecule has 0 bridgehead atoms. The van der Waals surface area contributed by atoms with E-state index in [0.717, 1.165) is 30.5 Å². The summed E-state index contributed by atoms with van der Waals surface area (Å²) in [5.41, 5.74) is 1.26. The number of hydrogen-bond donors (Lipinski definition) is 1. The highest BCUT2D eigenvalue weighted by atomic mass is 79.9. The second-order valence-electron chi connectivity index (χ2n) is 5.74. The van der Waals surface area contributed by atoms with Crippen molar-refractivity contribution in [2.24, 2.45) is 5.92 Å². The number of halogens is 2. The Bertz CT molecular complexity index is 594. The van der Waals surface area contributed by atoms with Gasteiger partial charge in [0, 0.05) is 20.4 Å². The van der Waals surface area contributed by atoms with Crippen LogP contribution in [-0.2, 0) is 12.8 Å². The van der Waals surface area contributed by atoms with E-state index in [1.54, 1.807) is 0 Å². The van der Waals surface area contributed by atoms with E-state index >= 15 is 0 Å². The molecule has 1 aromatic heterocycles. The number of rotatable bonds is 7. The lowest BCUT2D eigenvalue weighted by molar-refractivity contribution is 0.471. The topological polar surface area (TPSA) is 12.0 Å². The molecule has 0 saturated heterocycles. The molecular formula is C17H19BrClNS. The molecule has 112 valence electrons. The van der Waals surface area contributed by atoms with Crippen molar-refractivity contribution < 1.29 is 0 Å². The maximum atomic E-state index is 6.33. The fraction of sp³-hybridized carbons (Fsp3) is 0.412. The Kier molecular flexibility index (Phi) is 5.38. The van der Waals surface area contributed by atoms with Gasteiger partial charge >= 0.3 is 0 Å². The molecule has 1 fully saturated rings. The summed E-state index contributed by atoms with van der Waals surface area (Å²) < 4.78 is 1.24. The normalized spacial score (nSPS) is 16.1. The van der Waals surface area contributed by atoms with Crippen molar-refractivity contribution in [3.8, 4) is 0 Å². The van der Waals surface area contributed by atoms with E-state index < -0.39 is 0 Å². The largest absolute Gasteiger partial charge is 0.314 e. The van der Waals surface area contributed by atoms with Gasteiger partial charge in [0.25, 0.3) is 0 Å². The third-order valence-corrected chi connectivity index (χ3v) is 6.22. The Morgan fingerprint density at radius 1 is 1.24 bits per heavy atom. The highest BCUT2D eigenvalue weighted by molar-refractivity contribution is 9.10. The molecule has 1 unspecified atom stereocenters. The van der Waals surface area contributed by atoms with Crippen LogP contribution < -0.4 is 5.32 Å². The first-order valence-corrected chi connectivity index (χ1v) is 9.46. The van der Waals surface area contributed by atoms with Gasteiger partial charge in [-0.15, -0.1) is 11.3 Å². The van der Waals surface area contributed by atoms with Crippen LogP contribution in [0.25, 0.3) is 0 Å². The van der Waals surface area contributed by atoms with E-state index in [0.29, 0.717) is 5.92 Å². The predicted octanol–water partition coefficient (Wildman–Crippen LogP) is 5.32. The lowest BCUT2D eigenvalue weighted by atomic mass is 9.95. The first-order valence-electron chi connectivity index (χ1n) is 7.41. The lowest BCUT2D eigenvalue weighted by Gasteiger charge is -2.18. The molecular weight excluding hydrogens is 366 g/mol. The standard InChI is InChI=1S/C17H19BrClNS/c18-15-7-8-21-17(15)10-12(11-20-14-5-6-14)9-13-3-1-2-4-16(13)19/h1-4,7-8,12,14,20H,5-6,9-11H2. The number of thiophene rings is 1. The van der Waals surface area contributed by atoms with Crippen molar-refractivity contribution in [3.05, 3.63) is 55.6 Å². The number of hydrogen-bond acceptors (Lipinski definition) is 2. The summed E-state index contributed by atoms with van der Waals surface area (Å²) in [7, 11) is 0. The van der Waals surface area contributed by atoms with Crippen molar-refractivity contribution in [1.29, 1.82) is 0 Å². The van der Waals surface area contributed by atoms with E-state index in [1.165, 1.54) is 27.8 Å². The average Bonchev–Trinajstić information content (AvgIpc) is 3.22. The van der Waals surface area contributed by atoms with E-state index in [1.807, 2.05) is 23.5 Å². The molecule has 3 rings (SSSR count). The third-order valence-electron chi connectivity index (χ3n) is 3.90. The molecule has 1 aliphatic carbocycles. The van der Waals surface area contributed by atoms with E-state index in [4.69, 9.17) is 11.6 Å². The summed E-state index contributed by atoms with van der Waals surface area (Å²) in [6.45, 7) is 1.07. The van der Waals surface area contributed by atoms with E-state index in [2.05, 4.69) is 44.8 Å². The van der Waals surface area contributed by atoms with E-state index in [-0.39, 0.29) is 0 Å². The van der Waals surface area contributed by atoms with Crippen LogP contribution in [0.5, 0.6) is 0 Å². The number of nitrogens with one attached hydrogen (secondary N) is 1. The monoisotopic (exact) mass is 383 g/mol. The summed E-state index contributed by atoms with van der Waals surface area (Å²) in [4.78, 5) is 1.43. The Labute approximate surface area is 143 Å². The molecule has 0 amide bonds. The Hall–Kier alpha value is -0.350. The molecule has 1 atom stereocenters. The summed E-state index contributed by atoms with van der Waals surface area (Å²) in [5, 5.41) is 6.72. The van der Waals surface area contributed by atoms with Crippen LogP contribution in [0.15, 0.2) is 40.2 Å². The maximum absolute atomic E-state index is 6.33. The SMILES string of the molecule is Clc1ccccc1CC(CNC1CC1)Cc1sccc1Br. The zero-order valence-electron chi connectivity index (χ0n) is 11.8. The molecule has 4 heteroatoms. The van der Waals surface area contributed by atoms with Gasteiger partial charge in [0.1, 0.15) is 0 Å². The van der Waals surface area contributed by atoms with Gasteiger partial charge in [-0.25, -0.2) is 0 Å².